The third-order valence-electron chi connectivity index (χ3n) is 8.91. The van der Waals surface area contributed by atoms with Crippen molar-refractivity contribution in [2.24, 2.45) is 0 Å². The summed E-state index contributed by atoms with van der Waals surface area (Å²) in [4.78, 5) is 17.4. The molecule has 2 heterocycles. The molecular formula is C45H30N4S. The molecule has 50 heavy (non-hydrogen) atoms. The number of para-hydroxylation sites is 1. The highest BCUT2D eigenvalue weighted by molar-refractivity contribution is 7.26. The van der Waals surface area contributed by atoms with Crippen LogP contribution in [-0.4, -0.2) is 15.0 Å². The molecule has 0 saturated heterocycles. The zero-order chi connectivity index (χ0) is 33.3. The Labute approximate surface area is 294 Å². The topological polar surface area (TPSA) is 41.9 Å². The molecule has 236 valence electrons. The number of nitrogens with zero attached hydrogens (tertiary/aromatic N) is 4. The van der Waals surface area contributed by atoms with E-state index in [1.807, 2.05) is 60.7 Å². The number of anilines is 3. The lowest BCUT2D eigenvalue weighted by Crippen LogP contribution is -2.09. The van der Waals surface area contributed by atoms with Crippen molar-refractivity contribution in [3.8, 4) is 45.3 Å². The molecule has 9 rings (SSSR count). The van der Waals surface area contributed by atoms with Gasteiger partial charge in [0.15, 0.2) is 17.5 Å². The summed E-state index contributed by atoms with van der Waals surface area (Å²) >= 11 is 1.80. The van der Waals surface area contributed by atoms with E-state index < -0.39 is 0 Å². The standard InChI is InChI=1S/C45H30N4S/c1-5-15-31(16-6-1)34-21-13-24-36(29-34)49(35-22-11-4-12-23-35)37-27-28-38-41(30-37)50-40-26-14-25-39(42(38)40)45-47-43(32-17-7-2-8-18-32)46-44(48-45)33-19-9-3-10-20-33/h1-30H. The van der Waals surface area contributed by atoms with Crippen molar-refractivity contribution in [3.63, 3.8) is 0 Å². The van der Waals surface area contributed by atoms with Crippen molar-refractivity contribution in [2.75, 3.05) is 4.90 Å². The van der Waals surface area contributed by atoms with E-state index in [1.165, 1.54) is 25.9 Å². The van der Waals surface area contributed by atoms with Gasteiger partial charge in [0.2, 0.25) is 0 Å². The van der Waals surface area contributed by atoms with Gasteiger partial charge < -0.3 is 4.90 Å². The van der Waals surface area contributed by atoms with Gasteiger partial charge in [-0.15, -0.1) is 11.3 Å². The maximum Gasteiger partial charge on any atom is 0.164 e. The van der Waals surface area contributed by atoms with E-state index in [0.29, 0.717) is 17.5 Å². The molecule has 0 aliphatic heterocycles. The molecule has 9 aromatic rings. The zero-order valence-corrected chi connectivity index (χ0v) is 27.8. The van der Waals surface area contributed by atoms with Gasteiger partial charge in [-0.3, -0.25) is 0 Å². The molecule has 0 fully saturated rings. The number of thiophene rings is 1. The van der Waals surface area contributed by atoms with Gasteiger partial charge in [-0.05, 0) is 53.6 Å². The van der Waals surface area contributed by atoms with E-state index in [2.05, 4.69) is 126 Å². The predicted octanol–water partition coefficient (Wildman–Crippen LogP) is 12.4. The Morgan fingerprint density at radius 1 is 0.360 bits per heavy atom. The van der Waals surface area contributed by atoms with Gasteiger partial charge in [-0.2, -0.15) is 0 Å². The fraction of sp³-hybridized carbons (Fsp3) is 0. The zero-order valence-electron chi connectivity index (χ0n) is 27.0. The van der Waals surface area contributed by atoms with Crippen LogP contribution in [-0.2, 0) is 0 Å². The van der Waals surface area contributed by atoms with E-state index in [9.17, 15) is 0 Å². The molecule has 0 N–H and O–H groups in total. The first kappa shape index (κ1) is 29.7. The first-order chi connectivity index (χ1) is 24.8. The van der Waals surface area contributed by atoms with Gasteiger partial charge in [0.05, 0.1) is 0 Å². The molecule has 0 spiro atoms. The van der Waals surface area contributed by atoms with E-state index in [1.54, 1.807) is 11.3 Å². The van der Waals surface area contributed by atoms with Crippen LogP contribution < -0.4 is 4.90 Å². The quantitative estimate of drug-likeness (QED) is 0.171. The Kier molecular flexibility index (Phi) is 7.65. The highest BCUT2D eigenvalue weighted by atomic mass is 32.1. The Bertz CT molecular complexity index is 2530. The van der Waals surface area contributed by atoms with E-state index >= 15 is 0 Å². The minimum Gasteiger partial charge on any atom is -0.310 e. The van der Waals surface area contributed by atoms with Crippen molar-refractivity contribution < 1.29 is 0 Å². The van der Waals surface area contributed by atoms with E-state index in [4.69, 9.17) is 15.0 Å². The van der Waals surface area contributed by atoms with Crippen LogP contribution >= 0.6 is 11.3 Å². The lowest BCUT2D eigenvalue weighted by molar-refractivity contribution is 1.08. The molecular weight excluding hydrogens is 629 g/mol. The molecule has 0 unspecified atom stereocenters. The molecule has 0 amide bonds. The number of aromatic nitrogens is 3. The van der Waals surface area contributed by atoms with E-state index in [-0.39, 0.29) is 0 Å². The van der Waals surface area contributed by atoms with Gasteiger partial charge in [-0.25, -0.2) is 15.0 Å². The molecule has 0 bridgehead atoms. The third-order valence-corrected chi connectivity index (χ3v) is 10.0. The monoisotopic (exact) mass is 658 g/mol. The van der Waals surface area contributed by atoms with Crippen LogP contribution in [0.1, 0.15) is 0 Å². The Morgan fingerprint density at radius 3 is 1.54 bits per heavy atom. The molecule has 7 aromatic carbocycles. The summed E-state index contributed by atoms with van der Waals surface area (Å²) in [5.41, 5.74) is 8.58. The summed E-state index contributed by atoms with van der Waals surface area (Å²) in [5.74, 6) is 1.98. The Morgan fingerprint density at radius 2 is 0.880 bits per heavy atom. The largest absolute Gasteiger partial charge is 0.310 e. The lowest BCUT2D eigenvalue weighted by atomic mass is 10.0. The third kappa shape index (κ3) is 5.60. The SMILES string of the molecule is c1ccc(-c2cccc(N(c3ccccc3)c3ccc4c(c3)sc3cccc(-c5nc(-c6ccccc6)nc(-c6ccccc6)n5)c34)c2)cc1. The minimum atomic E-state index is 0.657. The summed E-state index contributed by atoms with van der Waals surface area (Å²) in [7, 11) is 0. The number of benzene rings is 7. The molecule has 0 aliphatic carbocycles. The average molecular weight is 659 g/mol. The maximum atomic E-state index is 5.07. The molecule has 0 saturated carbocycles. The second-order valence-electron chi connectivity index (χ2n) is 12.1. The summed E-state index contributed by atoms with van der Waals surface area (Å²) < 4.78 is 2.39. The first-order valence-electron chi connectivity index (χ1n) is 16.6. The van der Waals surface area contributed by atoms with Gasteiger partial charge >= 0.3 is 0 Å². The van der Waals surface area contributed by atoms with Crippen molar-refractivity contribution in [3.05, 3.63) is 182 Å². The highest BCUT2D eigenvalue weighted by Crippen LogP contribution is 2.44. The normalized spacial score (nSPS) is 11.2. The fourth-order valence-electron chi connectivity index (χ4n) is 6.55. The van der Waals surface area contributed by atoms with Crippen LogP contribution in [0.25, 0.3) is 65.5 Å². The maximum absolute atomic E-state index is 5.07. The number of rotatable bonds is 7. The summed E-state index contributed by atoms with van der Waals surface area (Å²) in [6.07, 6.45) is 0. The van der Waals surface area contributed by atoms with Gasteiger partial charge in [0.25, 0.3) is 0 Å². The van der Waals surface area contributed by atoms with Gasteiger partial charge in [0.1, 0.15) is 0 Å². The van der Waals surface area contributed by atoms with Gasteiger partial charge in [-0.1, -0.05) is 140 Å². The molecule has 4 nitrogen and oxygen atoms in total. The van der Waals surface area contributed by atoms with Crippen LogP contribution in [0.2, 0.25) is 0 Å². The molecule has 5 heteroatoms. The first-order valence-corrected chi connectivity index (χ1v) is 17.4. The van der Waals surface area contributed by atoms with Crippen LogP contribution in [0.3, 0.4) is 0 Å². The second kappa shape index (κ2) is 12.9. The second-order valence-corrected chi connectivity index (χ2v) is 13.2. The summed E-state index contributed by atoms with van der Waals surface area (Å²) in [5, 5.41) is 2.33. The summed E-state index contributed by atoms with van der Waals surface area (Å²) in [6, 6.07) is 63.4. The summed E-state index contributed by atoms with van der Waals surface area (Å²) in [6.45, 7) is 0. The molecule has 2 aromatic heterocycles. The molecule has 0 aliphatic rings. The Hall–Kier alpha value is -6.43. The average Bonchev–Trinajstić information content (AvgIpc) is 3.58. The Balaban J connectivity index is 1.20. The highest BCUT2D eigenvalue weighted by Gasteiger charge is 2.19. The fourth-order valence-corrected chi connectivity index (χ4v) is 7.71. The van der Waals surface area contributed by atoms with Crippen LogP contribution in [0, 0.1) is 0 Å². The minimum absolute atomic E-state index is 0.657. The van der Waals surface area contributed by atoms with Crippen molar-refractivity contribution in [1.82, 2.24) is 15.0 Å². The number of fused-ring (bicyclic) bond motifs is 3. The smallest absolute Gasteiger partial charge is 0.164 e. The lowest BCUT2D eigenvalue weighted by Gasteiger charge is -2.26. The van der Waals surface area contributed by atoms with Crippen LogP contribution in [0.4, 0.5) is 17.1 Å². The van der Waals surface area contributed by atoms with Crippen LogP contribution in [0.5, 0.6) is 0 Å². The molecule has 0 radical (unpaired) electrons. The van der Waals surface area contributed by atoms with Crippen molar-refractivity contribution >= 4 is 48.6 Å². The van der Waals surface area contributed by atoms with Crippen molar-refractivity contribution in [2.45, 2.75) is 0 Å². The van der Waals surface area contributed by atoms with Crippen molar-refractivity contribution in [1.29, 1.82) is 0 Å². The molecule has 0 atom stereocenters. The predicted molar refractivity (Wildman–Crippen MR) is 209 cm³/mol. The number of hydrogen-bond donors (Lipinski definition) is 0. The van der Waals surface area contributed by atoms with E-state index in [0.717, 1.165) is 39.1 Å². The number of hydrogen-bond acceptors (Lipinski definition) is 5. The van der Waals surface area contributed by atoms with Crippen LogP contribution in [0.15, 0.2) is 182 Å². The van der Waals surface area contributed by atoms with Gasteiger partial charge in [0, 0.05) is 53.9 Å².